The average Bonchev–Trinajstić information content (AvgIpc) is 3.63. The van der Waals surface area contributed by atoms with Crippen LogP contribution in [0.25, 0.3) is 0 Å². The molecule has 1 atom stereocenters. The van der Waals surface area contributed by atoms with Crippen molar-refractivity contribution < 1.29 is 33.3 Å². The van der Waals surface area contributed by atoms with Gasteiger partial charge in [0.1, 0.15) is 23.8 Å². The standard InChI is InChI=1S/C29H29N3O7/c1-31(29(34)18-5-8-20(35-2)9-6-18)16-28(33)32-24(19-7-12-25-27(13-19)39-17-38-25)15-23(30-32)22-11-10-21(36-3)14-26(22)37-4/h5-14,24H,15-17H2,1-4H3/t24-/m0/s1. The average molecular weight is 532 g/mol. The number of carbonyl (C=O) groups is 2. The van der Waals surface area contributed by atoms with E-state index >= 15 is 0 Å². The molecule has 0 N–H and O–H groups in total. The highest BCUT2D eigenvalue weighted by Gasteiger charge is 2.35. The topological polar surface area (TPSA) is 99.1 Å². The normalized spacial score (nSPS) is 15.5. The number of benzene rings is 3. The second-order valence-electron chi connectivity index (χ2n) is 9.07. The summed E-state index contributed by atoms with van der Waals surface area (Å²) in [4.78, 5) is 28.0. The van der Waals surface area contributed by atoms with E-state index in [1.807, 2.05) is 30.3 Å². The Morgan fingerprint density at radius 2 is 1.64 bits per heavy atom. The lowest BCUT2D eigenvalue weighted by Crippen LogP contribution is -2.39. The van der Waals surface area contributed by atoms with Crippen LogP contribution in [0.5, 0.6) is 28.7 Å². The van der Waals surface area contributed by atoms with Crippen LogP contribution < -0.4 is 23.7 Å². The number of methoxy groups -OCH3 is 3. The summed E-state index contributed by atoms with van der Waals surface area (Å²) in [5, 5.41) is 6.17. The van der Waals surface area contributed by atoms with Gasteiger partial charge in [0.25, 0.3) is 11.8 Å². The molecule has 0 spiro atoms. The first kappa shape index (κ1) is 25.9. The molecule has 0 aliphatic carbocycles. The van der Waals surface area contributed by atoms with Gasteiger partial charge >= 0.3 is 0 Å². The van der Waals surface area contributed by atoms with E-state index in [1.54, 1.807) is 58.7 Å². The van der Waals surface area contributed by atoms with Crippen LogP contribution in [0.2, 0.25) is 0 Å². The molecule has 2 aliphatic rings. The molecule has 3 aromatic carbocycles. The van der Waals surface area contributed by atoms with Crippen molar-refractivity contribution in [3.63, 3.8) is 0 Å². The van der Waals surface area contributed by atoms with E-state index in [-0.39, 0.29) is 25.2 Å². The van der Waals surface area contributed by atoms with Gasteiger partial charge in [-0.1, -0.05) is 6.07 Å². The van der Waals surface area contributed by atoms with Gasteiger partial charge in [0.05, 0.1) is 33.1 Å². The number of likely N-dealkylation sites (N-methyl/N-ethyl adjacent to an activating group) is 1. The highest BCUT2D eigenvalue weighted by atomic mass is 16.7. The Morgan fingerprint density at radius 1 is 0.923 bits per heavy atom. The summed E-state index contributed by atoms with van der Waals surface area (Å²) in [6.45, 7) is -0.0163. The molecule has 0 aromatic heterocycles. The van der Waals surface area contributed by atoms with Gasteiger partial charge in [-0.3, -0.25) is 9.59 Å². The Balaban J connectivity index is 1.43. The fourth-order valence-corrected chi connectivity index (χ4v) is 4.62. The lowest BCUT2D eigenvalue weighted by molar-refractivity contribution is -0.133. The number of rotatable bonds is 8. The Morgan fingerprint density at radius 3 is 2.36 bits per heavy atom. The Labute approximate surface area is 226 Å². The van der Waals surface area contributed by atoms with Gasteiger partial charge in [-0.05, 0) is 54.1 Å². The summed E-state index contributed by atoms with van der Waals surface area (Å²) in [5.74, 6) is 2.52. The molecule has 0 fully saturated rings. The first-order valence-electron chi connectivity index (χ1n) is 12.3. The largest absolute Gasteiger partial charge is 0.497 e. The molecular formula is C29H29N3O7. The molecular weight excluding hydrogens is 502 g/mol. The zero-order valence-electron chi connectivity index (χ0n) is 22.2. The highest BCUT2D eigenvalue weighted by molar-refractivity contribution is 6.05. The minimum Gasteiger partial charge on any atom is -0.497 e. The molecule has 202 valence electrons. The van der Waals surface area contributed by atoms with Gasteiger partial charge in [-0.25, -0.2) is 5.01 Å². The van der Waals surface area contributed by atoms with E-state index < -0.39 is 6.04 Å². The third kappa shape index (κ3) is 5.18. The molecule has 0 radical (unpaired) electrons. The molecule has 0 saturated heterocycles. The predicted molar refractivity (Wildman–Crippen MR) is 143 cm³/mol. The van der Waals surface area contributed by atoms with E-state index in [2.05, 4.69) is 0 Å². The van der Waals surface area contributed by atoms with Crippen LogP contribution in [0, 0.1) is 0 Å². The summed E-state index contributed by atoms with van der Waals surface area (Å²) >= 11 is 0. The fourth-order valence-electron chi connectivity index (χ4n) is 4.62. The number of fused-ring (bicyclic) bond motifs is 1. The maximum atomic E-state index is 13.6. The zero-order chi connectivity index (χ0) is 27.5. The lowest BCUT2D eigenvalue weighted by atomic mass is 9.97. The summed E-state index contributed by atoms with van der Waals surface area (Å²) in [5.41, 5.74) is 2.71. The van der Waals surface area contributed by atoms with Crippen LogP contribution in [0.4, 0.5) is 0 Å². The second-order valence-corrected chi connectivity index (χ2v) is 9.07. The SMILES string of the molecule is COc1ccc(C(=O)N(C)CC(=O)N2N=C(c3ccc(OC)cc3OC)C[C@H]2c2ccc3c(c2)OCO3)cc1. The maximum absolute atomic E-state index is 13.6. The minimum atomic E-state index is -0.418. The van der Waals surface area contributed by atoms with Crippen molar-refractivity contribution in [1.82, 2.24) is 9.91 Å². The van der Waals surface area contributed by atoms with Crippen molar-refractivity contribution >= 4 is 17.5 Å². The van der Waals surface area contributed by atoms with Crippen molar-refractivity contribution in [1.29, 1.82) is 0 Å². The zero-order valence-corrected chi connectivity index (χ0v) is 22.2. The quantitative estimate of drug-likeness (QED) is 0.435. The molecule has 10 heteroatoms. The molecule has 2 heterocycles. The molecule has 0 saturated carbocycles. The van der Waals surface area contributed by atoms with E-state index in [9.17, 15) is 9.59 Å². The fraction of sp³-hybridized carbons (Fsp3) is 0.276. The van der Waals surface area contributed by atoms with Crippen LogP contribution in [0.3, 0.4) is 0 Å². The third-order valence-electron chi connectivity index (χ3n) is 6.72. The smallest absolute Gasteiger partial charge is 0.262 e. The number of carbonyl (C=O) groups excluding carboxylic acids is 2. The van der Waals surface area contributed by atoms with Gasteiger partial charge in [-0.2, -0.15) is 5.10 Å². The van der Waals surface area contributed by atoms with E-state index in [4.69, 9.17) is 28.8 Å². The van der Waals surface area contributed by atoms with Crippen LogP contribution in [0.15, 0.2) is 65.8 Å². The van der Waals surface area contributed by atoms with Crippen molar-refractivity contribution in [3.05, 3.63) is 77.4 Å². The Bertz CT molecular complexity index is 1420. The Kier molecular flexibility index (Phi) is 7.27. The number of nitrogens with zero attached hydrogens (tertiary/aromatic N) is 3. The van der Waals surface area contributed by atoms with E-state index in [1.165, 1.54) is 9.91 Å². The van der Waals surface area contributed by atoms with E-state index in [0.717, 1.165) is 11.1 Å². The van der Waals surface area contributed by atoms with Gasteiger partial charge < -0.3 is 28.6 Å². The van der Waals surface area contributed by atoms with Crippen molar-refractivity contribution in [2.45, 2.75) is 12.5 Å². The highest BCUT2D eigenvalue weighted by Crippen LogP contribution is 2.40. The number of hydrazone groups is 1. The third-order valence-corrected chi connectivity index (χ3v) is 6.72. The summed E-state index contributed by atoms with van der Waals surface area (Å²) in [7, 11) is 6.31. The molecule has 0 unspecified atom stereocenters. The van der Waals surface area contributed by atoms with Gasteiger partial charge in [-0.15, -0.1) is 0 Å². The maximum Gasteiger partial charge on any atom is 0.262 e. The molecule has 3 aromatic rings. The number of ether oxygens (including phenoxy) is 5. The van der Waals surface area contributed by atoms with Crippen molar-refractivity contribution in [2.75, 3.05) is 41.7 Å². The summed E-state index contributed by atoms with van der Waals surface area (Å²) in [6.07, 6.45) is 0.435. The number of hydrogen-bond acceptors (Lipinski definition) is 8. The number of amides is 2. The number of hydrogen-bond donors (Lipinski definition) is 0. The van der Waals surface area contributed by atoms with Crippen molar-refractivity contribution in [2.24, 2.45) is 5.10 Å². The van der Waals surface area contributed by atoms with Gasteiger partial charge in [0.2, 0.25) is 6.79 Å². The summed E-state index contributed by atoms with van der Waals surface area (Å²) < 4.78 is 27.1. The monoisotopic (exact) mass is 531 g/mol. The molecule has 0 bridgehead atoms. The van der Waals surface area contributed by atoms with Gasteiger partial charge in [0.15, 0.2) is 11.5 Å². The van der Waals surface area contributed by atoms with E-state index in [0.29, 0.717) is 46.4 Å². The Hall–Kier alpha value is -4.73. The van der Waals surface area contributed by atoms with Crippen LogP contribution in [-0.4, -0.2) is 69.1 Å². The molecule has 5 rings (SSSR count). The van der Waals surface area contributed by atoms with Crippen molar-refractivity contribution in [3.8, 4) is 28.7 Å². The molecule has 2 amide bonds. The second kappa shape index (κ2) is 10.9. The van der Waals surface area contributed by atoms with Gasteiger partial charge in [0, 0.05) is 30.7 Å². The lowest BCUT2D eigenvalue weighted by Gasteiger charge is -2.25. The first-order valence-corrected chi connectivity index (χ1v) is 12.3. The molecule has 10 nitrogen and oxygen atoms in total. The molecule has 2 aliphatic heterocycles. The predicted octanol–water partition coefficient (Wildman–Crippen LogP) is 3.89. The summed E-state index contributed by atoms with van der Waals surface area (Å²) in [6, 6.07) is 17.4. The minimum absolute atomic E-state index is 0.148. The van der Waals surface area contributed by atoms with Crippen LogP contribution in [0.1, 0.15) is 33.9 Å². The van der Waals surface area contributed by atoms with Crippen LogP contribution >= 0.6 is 0 Å². The molecule has 39 heavy (non-hydrogen) atoms. The first-order chi connectivity index (χ1) is 18.9. The van der Waals surface area contributed by atoms with Crippen LogP contribution in [-0.2, 0) is 4.79 Å².